The zero-order chi connectivity index (χ0) is 10.3. The third-order valence-electron chi connectivity index (χ3n) is 1.14. The van der Waals surface area contributed by atoms with E-state index in [0.717, 1.165) is 11.8 Å². The lowest BCUT2D eigenvalue weighted by molar-refractivity contribution is -0.140. The van der Waals surface area contributed by atoms with Crippen LogP contribution < -0.4 is 5.73 Å². The number of carboxylic acid groups (broad SMARTS) is 1. The van der Waals surface area contributed by atoms with E-state index in [1.54, 1.807) is 6.92 Å². The predicted octanol–water partition coefficient (Wildman–Crippen LogP) is -0.305. The molecule has 0 saturated carbocycles. The first-order chi connectivity index (χ1) is 6.07. The van der Waals surface area contributed by atoms with E-state index in [0.29, 0.717) is 6.61 Å². The van der Waals surface area contributed by atoms with Crippen LogP contribution in [0.25, 0.3) is 0 Å². The fourth-order valence-corrected chi connectivity index (χ4v) is 1.31. The van der Waals surface area contributed by atoms with Crippen LogP contribution in [0.3, 0.4) is 0 Å². The number of nitrogens with two attached hydrogens (primary N) is 1. The molecule has 0 aliphatic heterocycles. The third-order valence-corrected chi connectivity index (χ3v) is 2.17. The SMILES string of the molecule is CCOC(=O)CSCC(N)C(=O)O. The molecule has 0 aromatic carbocycles. The highest BCUT2D eigenvalue weighted by Gasteiger charge is 2.12. The Morgan fingerprint density at radius 2 is 2.23 bits per heavy atom. The van der Waals surface area contributed by atoms with Crippen molar-refractivity contribution < 1.29 is 19.4 Å². The molecule has 0 rings (SSSR count). The minimum absolute atomic E-state index is 0.148. The van der Waals surface area contributed by atoms with Gasteiger partial charge in [0.05, 0.1) is 12.4 Å². The number of carbonyl (C=O) groups is 2. The monoisotopic (exact) mass is 207 g/mol. The summed E-state index contributed by atoms with van der Waals surface area (Å²) in [5, 5.41) is 8.40. The van der Waals surface area contributed by atoms with E-state index < -0.39 is 12.0 Å². The van der Waals surface area contributed by atoms with Crippen molar-refractivity contribution in [2.45, 2.75) is 13.0 Å². The summed E-state index contributed by atoms with van der Waals surface area (Å²) in [6, 6.07) is -0.917. The van der Waals surface area contributed by atoms with Gasteiger partial charge in [0.15, 0.2) is 0 Å². The van der Waals surface area contributed by atoms with E-state index in [2.05, 4.69) is 4.74 Å². The van der Waals surface area contributed by atoms with Gasteiger partial charge in [0.25, 0.3) is 0 Å². The molecule has 0 aromatic heterocycles. The minimum atomic E-state index is -1.06. The lowest BCUT2D eigenvalue weighted by atomic mass is 10.4. The van der Waals surface area contributed by atoms with Gasteiger partial charge in [-0.3, -0.25) is 9.59 Å². The van der Waals surface area contributed by atoms with Gasteiger partial charge >= 0.3 is 11.9 Å². The zero-order valence-electron chi connectivity index (χ0n) is 7.36. The summed E-state index contributed by atoms with van der Waals surface area (Å²) >= 11 is 1.16. The first-order valence-corrected chi connectivity index (χ1v) is 4.95. The number of esters is 1. The van der Waals surface area contributed by atoms with Crippen molar-refractivity contribution >= 4 is 23.7 Å². The quantitative estimate of drug-likeness (QED) is 0.581. The molecule has 0 aliphatic carbocycles. The molecule has 0 aliphatic rings. The van der Waals surface area contributed by atoms with E-state index in [1.165, 1.54) is 0 Å². The Morgan fingerprint density at radius 3 is 2.69 bits per heavy atom. The van der Waals surface area contributed by atoms with Gasteiger partial charge in [-0.15, -0.1) is 11.8 Å². The molecule has 0 heterocycles. The molecule has 5 nitrogen and oxygen atoms in total. The number of thioether (sulfide) groups is 1. The van der Waals surface area contributed by atoms with Gasteiger partial charge in [-0.1, -0.05) is 0 Å². The van der Waals surface area contributed by atoms with Crippen LogP contribution in [0.15, 0.2) is 0 Å². The molecule has 3 N–H and O–H groups in total. The summed E-state index contributed by atoms with van der Waals surface area (Å²) in [6.45, 7) is 2.05. The molecule has 0 radical (unpaired) electrons. The number of hydrogen-bond acceptors (Lipinski definition) is 5. The van der Waals surface area contributed by atoms with Crippen molar-refractivity contribution in [3.8, 4) is 0 Å². The highest BCUT2D eigenvalue weighted by Crippen LogP contribution is 2.02. The van der Waals surface area contributed by atoms with E-state index in [-0.39, 0.29) is 17.5 Å². The average molecular weight is 207 g/mol. The molecule has 0 spiro atoms. The average Bonchev–Trinajstić information content (AvgIpc) is 2.04. The van der Waals surface area contributed by atoms with Crippen molar-refractivity contribution in [2.75, 3.05) is 18.1 Å². The number of rotatable bonds is 6. The number of aliphatic carboxylic acids is 1. The molecule has 1 unspecified atom stereocenters. The zero-order valence-corrected chi connectivity index (χ0v) is 8.17. The molecule has 0 saturated heterocycles. The van der Waals surface area contributed by atoms with Crippen LogP contribution in [0, 0.1) is 0 Å². The highest BCUT2D eigenvalue weighted by atomic mass is 32.2. The summed E-state index contributed by atoms with van der Waals surface area (Å²) < 4.78 is 4.64. The van der Waals surface area contributed by atoms with E-state index >= 15 is 0 Å². The maximum Gasteiger partial charge on any atom is 0.321 e. The van der Waals surface area contributed by atoms with Crippen LogP contribution in [0.1, 0.15) is 6.92 Å². The van der Waals surface area contributed by atoms with E-state index in [9.17, 15) is 9.59 Å². The number of ether oxygens (including phenoxy) is 1. The Labute approximate surface area is 80.6 Å². The smallest absolute Gasteiger partial charge is 0.321 e. The van der Waals surface area contributed by atoms with Crippen molar-refractivity contribution in [3.63, 3.8) is 0 Å². The minimum Gasteiger partial charge on any atom is -0.480 e. The largest absolute Gasteiger partial charge is 0.480 e. The molecular weight excluding hydrogens is 194 g/mol. The van der Waals surface area contributed by atoms with Gasteiger partial charge in [-0.05, 0) is 6.92 Å². The van der Waals surface area contributed by atoms with Crippen molar-refractivity contribution in [1.29, 1.82) is 0 Å². The Balaban J connectivity index is 3.44. The number of carboxylic acids is 1. The van der Waals surface area contributed by atoms with Gasteiger partial charge in [-0.25, -0.2) is 0 Å². The maximum atomic E-state index is 10.8. The second-order valence-electron chi connectivity index (χ2n) is 2.26. The van der Waals surface area contributed by atoms with Gasteiger partial charge in [0.1, 0.15) is 6.04 Å². The van der Waals surface area contributed by atoms with Gasteiger partial charge in [0.2, 0.25) is 0 Å². The van der Waals surface area contributed by atoms with Crippen LogP contribution in [0.4, 0.5) is 0 Å². The molecule has 13 heavy (non-hydrogen) atoms. The third kappa shape index (κ3) is 6.41. The van der Waals surface area contributed by atoms with Gasteiger partial charge < -0.3 is 15.6 Å². The van der Waals surface area contributed by atoms with Crippen molar-refractivity contribution in [2.24, 2.45) is 5.73 Å². The summed E-state index contributed by atoms with van der Waals surface area (Å²) in [5.41, 5.74) is 5.20. The first kappa shape index (κ1) is 12.2. The van der Waals surface area contributed by atoms with Gasteiger partial charge in [-0.2, -0.15) is 0 Å². The van der Waals surface area contributed by atoms with Gasteiger partial charge in [0, 0.05) is 5.75 Å². The first-order valence-electron chi connectivity index (χ1n) is 3.79. The summed E-state index contributed by atoms with van der Waals surface area (Å²) in [5.74, 6) is -1.04. The standard InChI is InChI=1S/C7H13NO4S/c1-2-12-6(9)4-13-3-5(8)7(10)11/h5H,2-4,8H2,1H3,(H,10,11). The fourth-order valence-electron chi connectivity index (χ4n) is 0.543. The molecule has 76 valence electrons. The maximum absolute atomic E-state index is 10.8. The van der Waals surface area contributed by atoms with Crippen LogP contribution in [0.2, 0.25) is 0 Å². The normalized spacial score (nSPS) is 12.2. The number of hydrogen-bond donors (Lipinski definition) is 2. The molecule has 0 fully saturated rings. The molecular formula is C7H13NO4S. The second-order valence-corrected chi connectivity index (χ2v) is 3.30. The molecule has 0 amide bonds. The lowest BCUT2D eigenvalue weighted by Gasteiger charge is -2.05. The van der Waals surface area contributed by atoms with E-state index in [1.807, 2.05) is 0 Å². The van der Waals surface area contributed by atoms with Crippen LogP contribution in [-0.4, -0.2) is 41.2 Å². The molecule has 0 aromatic rings. The van der Waals surface area contributed by atoms with Crippen molar-refractivity contribution in [1.82, 2.24) is 0 Å². The predicted molar refractivity (Wildman–Crippen MR) is 49.6 cm³/mol. The Kier molecular flexibility index (Phi) is 6.34. The topological polar surface area (TPSA) is 89.6 Å². The lowest BCUT2D eigenvalue weighted by Crippen LogP contribution is -2.32. The molecule has 0 bridgehead atoms. The summed E-state index contributed by atoms with van der Waals surface area (Å²) in [4.78, 5) is 21.0. The molecule has 1 atom stereocenters. The number of carbonyl (C=O) groups excluding carboxylic acids is 1. The van der Waals surface area contributed by atoms with Crippen LogP contribution in [0.5, 0.6) is 0 Å². The van der Waals surface area contributed by atoms with Crippen LogP contribution >= 0.6 is 11.8 Å². The highest BCUT2D eigenvalue weighted by molar-refractivity contribution is 8.00. The summed E-state index contributed by atoms with van der Waals surface area (Å²) in [6.07, 6.45) is 0. The van der Waals surface area contributed by atoms with E-state index in [4.69, 9.17) is 10.8 Å². The Hall–Kier alpha value is -0.750. The fraction of sp³-hybridized carbons (Fsp3) is 0.714. The second kappa shape index (κ2) is 6.73. The van der Waals surface area contributed by atoms with Crippen LogP contribution in [-0.2, 0) is 14.3 Å². The summed E-state index contributed by atoms with van der Waals surface area (Å²) in [7, 11) is 0. The molecule has 6 heteroatoms. The Morgan fingerprint density at radius 1 is 1.62 bits per heavy atom. The van der Waals surface area contributed by atoms with Crippen molar-refractivity contribution in [3.05, 3.63) is 0 Å². The Bertz CT molecular complexity index is 185.